The van der Waals surface area contributed by atoms with Crippen molar-refractivity contribution >= 4 is 17.6 Å². The Kier molecular flexibility index (Phi) is 3.77. The molecule has 2 heterocycles. The maximum absolute atomic E-state index is 5.24. The summed E-state index contributed by atoms with van der Waals surface area (Å²) in [6, 6.07) is 11.7. The van der Waals surface area contributed by atoms with Gasteiger partial charge in [0.25, 0.3) is 0 Å². The summed E-state index contributed by atoms with van der Waals surface area (Å²) in [6.45, 7) is 2.57. The van der Waals surface area contributed by atoms with Crippen molar-refractivity contribution in [3.05, 3.63) is 60.3 Å². The Bertz CT molecular complexity index is 694. The van der Waals surface area contributed by atoms with Crippen LogP contribution in [0.2, 0.25) is 0 Å². The van der Waals surface area contributed by atoms with E-state index in [1.807, 2.05) is 43.3 Å². The molecule has 0 saturated heterocycles. The average molecular weight is 281 g/mol. The molecule has 106 valence electrons. The molecule has 0 bridgehead atoms. The molecule has 0 aliphatic carbocycles. The number of aromatic nitrogens is 3. The van der Waals surface area contributed by atoms with Crippen LogP contribution in [-0.2, 0) is 6.54 Å². The molecule has 3 aromatic rings. The molecule has 0 radical (unpaired) electrons. The standard InChI is InChI=1S/C15H15N5O/c1-11-4-6-12(7-5-11)19-15-18-10-17-14(20-15)16-9-13-3-2-8-21-13/h2-8,10H,9H2,1H3,(H2,16,17,18,19,20). The SMILES string of the molecule is Cc1ccc(Nc2ncnc(NCc3ccco3)n2)cc1. The Balaban J connectivity index is 1.66. The number of hydrogen-bond donors (Lipinski definition) is 2. The number of benzene rings is 1. The topological polar surface area (TPSA) is 75.9 Å². The summed E-state index contributed by atoms with van der Waals surface area (Å²) >= 11 is 0. The van der Waals surface area contributed by atoms with Gasteiger partial charge in [-0.25, -0.2) is 9.97 Å². The number of hydrogen-bond acceptors (Lipinski definition) is 6. The Morgan fingerprint density at radius 1 is 1.05 bits per heavy atom. The van der Waals surface area contributed by atoms with Crippen molar-refractivity contribution in [3.8, 4) is 0 Å². The highest BCUT2D eigenvalue weighted by Gasteiger charge is 2.02. The largest absolute Gasteiger partial charge is 0.467 e. The highest BCUT2D eigenvalue weighted by atomic mass is 16.3. The van der Waals surface area contributed by atoms with Gasteiger partial charge in [-0.2, -0.15) is 4.98 Å². The molecule has 0 fully saturated rings. The molecule has 0 spiro atoms. The summed E-state index contributed by atoms with van der Waals surface area (Å²) in [5.41, 5.74) is 2.14. The second-order valence-corrected chi connectivity index (χ2v) is 4.56. The lowest BCUT2D eigenvalue weighted by Gasteiger charge is -2.07. The highest BCUT2D eigenvalue weighted by Crippen LogP contribution is 2.14. The van der Waals surface area contributed by atoms with Crippen molar-refractivity contribution in [2.45, 2.75) is 13.5 Å². The summed E-state index contributed by atoms with van der Waals surface area (Å²) in [4.78, 5) is 12.5. The predicted octanol–water partition coefficient (Wildman–Crippen LogP) is 3.13. The normalized spacial score (nSPS) is 10.3. The molecule has 0 aliphatic heterocycles. The molecule has 0 amide bonds. The van der Waals surface area contributed by atoms with Crippen LogP contribution in [0.15, 0.2) is 53.4 Å². The maximum atomic E-state index is 5.24. The van der Waals surface area contributed by atoms with E-state index < -0.39 is 0 Å². The zero-order chi connectivity index (χ0) is 14.5. The Labute approximate surface area is 122 Å². The van der Waals surface area contributed by atoms with Gasteiger partial charge in [0.2, 0.25) is 11.9 Å². The fourth-order valence-electron chi connectivity index (χ4n) is 1.79. The van der Waals surface area contributed by atoms with Gasteiger partial charge < -0.3 is 15.1 Å². The van der Waals surface area contributed by atoms with E-state index >= 15 is 0 Å². The van der Waals surface area contributed by atoms with Gasteiger partial charge >= 0.3 is 0 Å². The summed E-state index contributed by atoms with van der Waals surface area (Å²) in [5.74, 6) is 1.82. The first-order valence-electron chi connectivity index (χ1n) is 6.58. The van der Waals surface area contributed by atoms with Crippen molar-refractivity contribution in [3.63, 3.8) is 0 Å². The minimum Gasteiger partial charge on any atom is -0.467 e. The zero-order valence-electron chi connectivity index (χ0n) is 11.6. The van der Waals surface area contributed by atoms with Crippen LogP contribution in [0.25, 0.3) is 0 Å². The van der Waals surface area contributed by atoms with Crippen molar-refractivity contribution < 1.29 is 4.42 Å². The Morgan fingerprint density at radius 2 is 1.86 bits per heavy atom. The zero-order valence-corrected chi connectivity index (χ0v) is 11.6. The van der Waals surface area contributed by atoms with E-state index in [1.165, 1.54) is 11.9 Å². The summed E-state index contributed by atoms with van der Waals surface area (Å²) in [5, 5.41) is 6.23. The summed E-state index contributed by atoms with van der Waals surface area (Å²) in [7, 11) is 0. The van der Waals surface area contributed by atoms with Crippen molar-refractivity contribution in [2.75, 3.05) is 10.6 Å². The van der Waals surface area contributed by atoms with E-state index in [4.69, 9.17) is 4.42 Å². The van der Waals surface area contributed by atoms with E-state index in [2.05, 4.69) is 25.6 Å². The molecule has 1 aromatic carbocycles. The van der Waals surface area contributed by atoms with Gasteiger partial charge in [-0.15, -0.1) is 0 Å². The molecular formula is C15H15N5O. The lowest BCUT2D eigenvalue weighted by atomic mass is 10.2. The number of nitrogens with one attached hydrogen (secondary N) is 2. The lowest BCUT2D eigenvalue weighted by Crippen LogP contribution is -2.05. The molecule has 2 N–H and O–H groups in total. The smallest absolute Gasteiger partial charge is 0.231 e. The number of rotatable bonds is 5. The predicted molar refractivity (Wildman–Crippen MR) is 80.3 cm³/mol. The Hall–Kier alpha value is -2.89. The van der Waals surface area contributed by atoms with Gasteiger partial charge in [-0.3, -0.25) is 0 Å². The molecule has 3 rings (SSSR count). The van der Waals surface area contributed by atoms with E-state index in [9.17, 15) is 0 Å². The lowest BCUT2D eigenvalue weighted by molar-refractivity contribution is 0.517. The van der Waals surface area contributed by atoms with Gasteiger partial charge in [0.1, 0.15) is 12.1 Å². The minimum atomic E-state index is 0.496. The number of furan rings is 1. The fourth-order valence-corrected chi connectivity index (χ4v) is 1.79. The van der Waals surface area contributed by atoms with Crippen LogP contribution in [-0.4, -0.2) is 15.0 Å². The second kappa shape index (κ2) is 6.04. The molecule has 2 aromatic heterocycles. The van der Waals surface area contributed by atoms with E-state index in [0.717, 1.165) is 11.4 Å². The third-order valence-corrected chi connectivity index (χ3v) is 2.88. The van der Waals surface area contributed by atoms with Crippen molar-refractivity contribution in [1.29, 1.82) is 0 Å². The third-order valence-electron chi connectivity index (χ3n) is 2.88. The monoisotopic (exact) mass is 281 g/mol. The van der Waals surface area contributed by atoms with Crippen LogP contribution < -0.4 is 10.6 Å². The van der Waals surface area contributed by atoms with Crippen LogP contribution in [0.5, 0.6) is 0 Å². The second-order valence-electron chi connectivity index (χ2n) is 4.56. The van der Waals surface area contributed by atoms with Crippen molar-refractivity contribution in [2.24, 2.45) is 0 Å². The molecule has 0 saturated carbocycles. The molecule has 0 atom stereocenters. The number of aryl methyl sites for hydroxylation is 1. The van der Waals surface area contributed by atoms with Crippen LogP contribution in [0, 0.1) is 6.92 Å². The summed E-state index contributed by atoms with van der Waals surface area (Å²) in [6.07, 6.45) is 3.10. The first-order chi connectivity index (χ1) is 10.3. The van der Waals surface area contributed by atoms with Crippen LogP contribution >= 0.6 is 0 Å². The van der Waals surface area contributed by atoms with Gasteiger partial charge in [-0.05, 0) is 31.2 Å². The van der Waals surface area contributed by atoms with Crippen LogP contribution in [0.4, 0.5) is 17.6 Å². The number of nitrogens with zero attached hydrogens (tertiary/aromatic N) is 3. The molecular weight excluding hydrogens is 266 g/mol. The first kappa shape index (κ1) is 13.1. The number of anilines is 3. The maximum Gasteiger partial charge on any atom is 0.231 e. The van der Waals surface area contributed by atoms with E-state index in [1.54, 1.807) is 6.26 Å². The Morgan fingerprint density at radius 3 is 2.62 bits per heavy atom. The summed E-state index contributed by atoms with van der Waals surface area (Å²) < 4.78 is 5.24. The van der Waals surface area contributed by atoms with Crippen molar-refractivity contribution in [1.82, 2.24) is 15.0 Å². The van der Waals surface area contributed by atoms with E-state index in [-0.39, 0.29) is 0 Å². The van der Waals surface area contributed by atoms with Gasteiger partial charge in [0.15, 0.2) is 0 Å². The molecule has 0 unspecified atom stereocenters. The quantitative estimate of drug-likeness (QED) is 0.748. The molecule has 6 heteroatoms. The minimum absolute atomic E-state index is 0.496. The fraction of sp³-hybridized carbons (Fsp3) is 0.133. The highest BCUT2D eigenvalue weighted by molar-refractivity contribution is 5.54. The molecule has 21 heavy (non-hydrogen) atoms. The van der Waals surface area contributed by atoms with Gasteiger partial charge in [0.05, 0.1) is 12.8 Å². The van der Waals surface area contributed by atoms with Crippen LogP contribution in [0.3, 0.4) is 0 Å². The van der Waals surface area contributed by atoms with E-state index in [0.29, 0.717) is 18.4 Å². The van der Waals surface area contributed by atoms with Crippen LogP contribution in [0.1, 0.15) is 11.3 Å². The third kappa shape index (κ3) is 3.56. The van der Waals surface area contributed by atoms with Gasteiger partial charge in [0, 0.05) is 5.69 Å². The molecule has 6 nitrogen and oxygen atoms in total. The average Bonchev–Trinajstić information content (AvgIpc) is 3.01. The first-order valence-corrected chi connectivity index (χ1v) is 6.58. The molecule has 0 aliphatic rings. The van der Waals surface area contributed by atoms with Gasteiger partial charge in [-0.1, -0.05) is 17.7 Å².